The first-order valence-corrected chi connectivity index (χ1v) is 7.85. The van der Waals surface area contributed by atoms with E-state index in [0.717, 1.165) is 19.6 Å². The Morgan fingerprint density at radius 1 is 0.905 bits per heavy atom. The van der Waals surface area contributed by atoms with E-state index in [-0.39, 0.29) is 0 Å². The molecule has 1 aliphatic rings. The first kappa shape index (κ1) is 14.3. The van der Waals surface area contributed by atoms with Crippen molar-refractivity contribution < 1.29 is 0 Å². The van der Waals surface area contributed by atoms with E-state index >= 15 is 0 Å². The van der Waals surface area contributed by atoms with Gasteiger partial charge in [0.05, 0.1) is 0 Å². The molecule has 0 spiro atoms. The van der Waals surface area contributed by atoms with Crippen molar-refractivity contribution in [3.05, 3.63) is 71.8 Å². The molecule has 21 heavy (non-hydrogen) atoms. The minimum atomic E-state index is 0.592. The van der Waals surface area contributed by atoms with Gasteiger partial charge in [-0.3, -0.25) is 4.90 Å². The predicted molar refractivity (Wildman–Crippen MR) is 88.0 cm³/mol. The van der Waals surface area contributed by atoms with Gasteiger partial charge in [0.25, 0.3) is 0 Å². The molecule has 0 aromatic heterocycles. The maximum absolute atomic E-state index is 3.72. The van der Waals surface area contributed by atoms with Crippen LogP contribution in [0, 0.1) is 5.92 Å². The maximum Gasteiger partial charge on any atom is 0.0236 e. The fraction of sp³-hybridized carbons (Fsp3) is 0.368. The number of hydrogen-bond acceptors (Lipinski definition) is 2. The fourth-order valence-corrected chi connectivity index (χ4v) is 3.15. The van der Waals surface area contributed by atoms with Crippen molar-refractivity contribution in [3.63, 3.8) is 0 Å². The molecule has 3 rings (SSSR count). The van der Waals surface area contributed by atoms with Gasteiger partial charge in [0.15, 0.2) is 0 Å². The summed E-state index contributed by atoms with van der Waals surface area (Å²) in [6.07, 6.45) is 0. The first-order valence-electron chi connectivity index (χ1n) is 7.85. The highest BCUT2D eigenvalue weighted by Gasteiger charge is 2.28. The molecule has 2 aromatic carbocycles. The van der Waals surface area contributed by atoms with Crippen LogP contribution in [0.25, 0.3) is 0 Å². The van der Waals surface area contributed by atoms with Gasteiger partial charge < -0.3 is 5.32 Å². The van der Waals surface area contributed by atoms with Crippen LogP contribution in [0.2, 0.25) is 0 Å². The van der Waals surface area contributed by atoms with E-state index in [1.54, 1.807) is 0 Å². The molecular weight excluding hydrogens is 256 g/mol. The van der Waals surface area contributed by atoms with Gasteiger partial charge >= 0.3 is 0 Å². The maximum atomic E-state index is 3.72. The minimum Gasteiger partial charge on any atom is -0.308 e. The van der Waals surface area contributed by atoms with Crippen LogP contribution in [-0.4, -0.2) is 24.0 Å². The Hall–Kier alpha value is -1.64. The number of benzene rings is 2. The second-order valence-corrected chi connectivity index (χ2v) is 6.13. The van der Waals surface area contributed by atoms with E-state index in [1.807, 2.05) is 0 Å². The fourth-order valence-electron chi connectivity index (χ4n) is 3.15. The van der Waals surface area contributed by atoms with Crippen molar-refractivity contribution in [2.24, 2.45) is 5.92 Å². The lowest BCUT2D eigenvalue weighted by atomic mass is 10.1. The number of rotatable bonds is 5. The van der Waals surface area contributed by atoms with Gasteiger partial charge in [-0.1, -0.05) is 67.6 Å². The molecule has 0 aliphatic carbocycles. The summed E-state index contributed by atoms with van der Waals surface area (Å²) in [6, 6.07) is 22.0. The van der Waals surface area contributed by atoms with Gasteiger partial charge in [-0.2, -0.15) is 0 Å². The highest BCUT2D eigenvalue weighted by molar-refractivity contribution is 5.16. The van der Waals surface area contributed by atoms with E-state index in [0.29, 0.717) is 12.0 Å². The molecule has 0 saturated carbocycles. The molecule has 2 heteroatoms. The molecule has 1 heterocycles. The Morgan fingerprint density at radius 2 is 1.52 bits per heavy atom. The van der Waals surface area contributed by atoms with Gasteiger partial charge in [0.1, 0.15) is 0 Å². The molecule has 0 bridgehead atoms. The van der Waals surface area contributed by atoms with Crippen LogP contribution in [0.3, 0.4) is 0 Å². The average molecular weight is 280 g/mol. The lowest BCUT2D eigenvalue weighted by molar-refractivity contribution is 0.316. The van der Waals surface area contributed by atoms with Crippen LogP contribution < -0.4 is 5.32 Å². The van der Waals surface area contributed by atoms with Gasteiger partial charge in [0.2, 0.25) is 0 Å². The van der Waals surface area contributed by atoms with Crippen LogP contribution in [0.1, 0.15) is 18.1 Å². The number of nitrogens with one attached hydrogen (secondary N) is 1. The second kappa shape index (κ2) is 6.88. The predicted octanol–water partition coefficient (Wildman–Crippen LogP) is 3.30. The Balaban J connectivity index is 1.51. The Morgan fingerprint density at radius 3 is 2.19 bits per heavy atom. The van der Waals surface area contributed by atoms with Gasteiger partial charge in [0, 0.05) is 32.2 Å². The number of likely N-dealkylation sites (tertiary alicyclic amines) is 1. The minimum absolute atomic E-state index is 0.592. The number of nitrogens with zero attached hydrogens (tertiary/aromatic N) is 1. The van der Waals surface area contributed by atoms with Crippen molar-refractivity contribution in [3.8, 4) is 0 Å². The smallest absolute Gasteiger partial charge is 0.0236 e. The molecule has 0 amide bonds. The molecule has 110 valence electrons. The van der Waals surface area contributed by atoms with E-state index < -0.39 is 0 Å². The SMILES string of the molecule is C[C@H]1CN(Cc2ccccc2)C[C@H]1NCc1ccccc1. The van der Waals surface area contributed by atoms with E-state index in [9.17, 15) is 0 Å². The molecule has 0 radical (unpaired) electrons. The van der Waals surface area contributed by atoms with Crippen molar-refractivity contribution in [1.29, 1.82) is 0 Å². The van der Waals surface area contributed by atoms with E-state index in [4.69, 9.17) is 0 Å². The first-order chi connectivity index (χ1) is 10.3. The summed E-state index contributed by atoms with van der Waals surface area (Å²) in [5.41, 5.74) is 2.78. The van der Waals surface area contributed by atoms with Crippen LogP contribution >= 0.6 is 0 Å². The normalized spacial score (nSPS) is 22.5. The molecule has 0 unspecified atom stereocenters. The van der Waals surface area contributed by atoms with Crippen molar-refractivity contribution in [1.82, 2.24) is 10.2 Å². The average Bonchev–Trinajstić information content (AvgIpc) is 2.87. The van der Waals surface area contributed by atoms with E-state index in [2.05, 4.69) is 77.8 Å². The lowest BCUT2D eigenvalue weighted by Gasteiger charge is -2.17. The Labute approximate surface area is 127 Å². The lowest BCUT2D eigenvalue weighted by Crippen LogP contribution is -2.34. The largest absolute Gasteiger partial charge is 0.308 e. The van der Waals surface area contributed by atoms with E-state index in [1.165, 1.54) is 17.7 Å². The zero-order chi connectivity index (χ0) is 14.5. The highest BCUT2D eigenvalue weighted by atomic mass is 15.2. The summed E-state index contributed by atoms with van der Waals surface area (Å²) in [5.74, 6) is 0.706. The summed E-state index contributed by atoms with van der Waals surface area (Å²) >= 11 is 0. The molecule has 2 nitrogen and oxygen atoms in total. The molecule has 2 aromatic rings. The monoisotopic (exact) mass is 280 g/mol. The third-order valence-corrected chi connectivity index (χ3v) is 4.35. The standard InChI is InChI=1S/C19H24N2/c1-16-13-21(14-18-10-6-3-7-11-18)15-19(16)20-12-17-8-4-2-5-9-17/h2-11,16,19-20H,12-15H2,1H3/t16-,19+/m0/s1. The molecule has 2 atom stereocenters. The summed E-state index contributed by atoms with van der Waals surface area (Å²) in [7, 11) is 0. The highest BCUT2D eigenvalue weighted by Crippen LogP contribution is 2.19. The zero-order valence-electron chi connectivity index (χ0n) is 12.7. The summed E-state index contributed by atoms with van der Waals surface area (Å²) in [6.45, 7) is 6.71. The third kappa shape index (κ3) is 3.93. The van der Waals surface area contributed by atoms with Crippen molar-refractivity contribution in [2.45, 2.75) is 26.1 Å². The van der Waals surface area contributed by atoms with Gasteiger partial charge in [-0.15, -0.1) is 0 Å². The van der Waals surface area contributed by atoms with Crippen LogP contribution in [0.5, 0.6) is 0 Å². The number of hydrogen-bond donors (Lipinski definition) is 1. The zero-order valence-corrected chi connectivity index (χ0v) is 12.7. The summed E-state index contributed by atoms with van der Waals surface area (Å²) in [4.78, 5) is 2.56. The van der Waals surface area contributed by atoms with Gasteiger partial charge in [-0.25, -0.2) is 0 Å². The Kier molecular flexibility index (Phi) is 4.69. The Bertz CT molecular complexity index is 538. The van der Waals surface area contributed by atoms with Crippen LogP contribution in [0.4, 0.5) is 0 Å². The second-order valence-electron chi connectivity index (χ2n) is 6.13. The van der Waals surface area contributed by atoms with Crippen LogP contribution in [0.15, 0.2) is 60.7 Å². The topological polar surface area (TPSA) is 15.3 Å². The van der Waals surface area contributed by atoms with Gasteiger partial charge in [-0.05, 0) is 17.0 Å². The molecular formula is C19H24N2. The van der Waals surface area contributed by atoms with Crippen LogP contribution in [-0.2, 0) is 13.1 Å². The molecule has 1 saturated heterocycles. The quantitative estimate of drug-likeness (QED) is 0.904. The molecule has 1 fully saturated rings. The van der Waals surface area contributed by atoms with Crippen molar-refractivity contribution in [2.75, 3.05) is 13.1 Å². The third-order valence-electron chi connectivity index (χ3n) is 4.35. The summed E-state index contributed by atoms with van der Waals surface area (Å²) < 4.78 is 0. The van der Waals surface area contributed by atoms with Crippen molar-refractivity contribution >= 4 is 0 Å². The molecule has 1 aliphatic heterocycles. The molecule has 1 N–H and O–H groups in total. The summed E-state index contributed by atoms with van der Waals surface area (Å²) in [5, 5.41) is 3.72.